The molecule has 3 nitrogen and oxygen atoms in total. The van der Waals surface area contributed by atoms with Crippen LogP contribution in [-0.2, 0) is 0 Å². The summed E-state index contributed by atoms with van der Waals surface area (Å²) in [5.41, 5.74) is 0. The lowest BCUT2D eigenvalue weighted by Crippen LogP contribution is -2.08. The predicted molar refractivity (Wildman–Crippen MR) is 65.5 cm³/mol. The van der Waals surface area contributed by atoms with Gasteiger partial charge in [0.2, 0.25) is 0 Å². The number of phenols is 1. The summed E-state index contributed by atoms with van der Waals surface area (Å²) in [5.74, 6) is 1.43. The molecule has 0 heterocycles. The summed E-state index contributed by atoms with van der Waals surface area (Å²) in [5, 5.41) is 9.46. The fourth-order valence-corrected chi connectivity index (χ4v) is 1.41. The number of benzene rings is 2. The van der Waals surface area contributed by atoms with E-state index in [1.807, 2.05) is 36.4 Å². The average Bonchev–Trinajstić information content (AvgIpc) is 2.38. The van der Waals surface area contributed by atoms with Gasteiger partial charge in [-0.25, -0.2) is 0 Å². The predicted octanol–water partition coefficient (Wildman–Crippen LogP) is 2.85. The standard InChI is InChI=1S/C14H14O3/c15-13-8-4-5-9-14(13)17-11-10-16-12-6-2-1-3-7-12/h1-9,15H,10-11H2. The highest BCUT2D eigenvalue weighted by Crippen LogP contribution is 2.24. The van der Waals surface area contributed by atoms with Crippen LogP contribution in [-0.4, -0.2) is 18.3 Å². The number of phenolic OH excluding ortho intramolecular Hbond substituents is 1. The summed E-state index contributed by atoms with van der Waals surface area (Å²) < 4.78 is 10.8. The van der Waals surface area contributed by atoms with Crippen LogP contribution in [0.3, 0.4) is 0 Å². The van der Waals surface area contributed by atoms with Crippen molar-refractivity contribution in [3.63, 3.8) is 0 Å². The topological polar surface area (TPSA) is 38.7 Å². The Labute approximate surface area is 100 Å². The Bertz CT molecular complexity index is 454. The zero-order chi connectivity index (χ0) is 11.9. The Morgan fingerprint density at radius 2 is 1.41 bits per heavy atom. The van der Waals surface area contributed by atoms with Crippen molar-refractivity contribution in [1.29, 1.82) is 0 Å². The number of aromatic hydroxyl groups is 1. The maximum Gasteiger partial charge on any atom is 0.161 e. The normalized spacial score (nSPS) is 9.88. The quantitative estimate of drug-likeness (QED) is 0.803. The first-order valence-corrected chi connectivity index (χ1v) is 5.45. The molecule has 0 atom stereocenters. The smallest absolute Gasteiger partial charge is 0.161 e. The molecule has 88 valence electrons. The highest BCUT2D eigenvalue weighted by molar-refractivity contribution is 5.37. The van der Waals surface area contributed by atoms with E-state index in [9.17, 15) is 5.11 Å². The van der Waals surface area contributed by atoms with E-state index in [2.05, 4.69) is 0 Å². The number of ether oxygens (including phenoxy) is 2. The van der Waals surface area contributed by atoms with Crippen LogP contribution in [0.15, 0.2) is 54.6 Å². The first kappa shape index (κ1) is 11.3. The molecular formula is C14H14O3. The van der Waals surface area contributed by atoms with Crippen LogP contribution in [0.25, 0.3) is 0 Å². The Morgan fingerprint density at radius 3 is 2.18 bits per heavy atom. The third kappa shape index (κ3) is 3.41. The molecule has 0 bridgehead atoms. The Hall–Kier alpha value is -2.16. The molecule has 2 aromatic rings. The Kier molecular flexibility index (Phi) is 3.86. The van der Waals surface area contributed by atoms with Gasteiger partial charge in [-0.2, -0.15) is 0 Å². The molecule has 17 heavy (non-hydrogen) atoms. The average molecular weight is 230 g/mol. The fraction of sp³-hybridized carbons (Fsp3) is 0.143. The minimum atomic E-state index is 0.146. The second-order valence-electron chi connectivity index (χ2n) is 3.48. The highest BCUT2D eigenvalue weighted by atomic mass is 16.5. The number of hydrogen-bond acceptors (Lipinski definition) is 3. The lowest BCUT2D eigenvalue weighted by atomic mass is 10.3. The monoisotopic (exact) mass is 230 g/mol. The molecule has 0 fully saturated rings. The first-order valence-electron chi connectivity index (χ1n) is 5.45. The van der Waals surface area contributed by atoms with Crippen molar-refractivity contribution in [2.45, 2.75) is 0 Å². The van der Waals surface area contributed by atoms with Crippen molar-refractivity contribution in [2.24, 2.45) is 0 Å². The second kappa shape index (κ2) is 5.80. The number of hydrogen-bond donors (Lipinski definition) is 1. The maximum atomic E-state index is 9.46. The molecule has 0 radical (unpaired) electrons. The minimum absolute atomic E-state index is 0.146. The van der Waals surface area contributed by atoms with E-state index in [0.29, 0.717) is 19.0 Å². The summed E-state index contributed by atoms with van der Waals surface area (Å²) in [6.45, 7) is 0.838. The van der Waals surface area contributed by atoms with Crippen molar-refractivity contribution in [3.8, 4) is 17.2 Å². The molecule has 0 spiro atoms. The van der Waals surface area contributed by atoms with E-state index in [-0.39, 0.29) is 5.75 Å². The lowest BCUT2D eigenvalue weighted by molar-refractivity contribution is 0.212. The Morgan fingerprint density at radius 1 is 0.765 bits per heavy atom. The molecule has 0 aliphatic rings. The van der Waals surface area contributed by atoms with E-state index in [1.165, 1.54) is 0 Å². The van der Waals surface area contributed by atoms with Gasteiger partial charge in [0.05, 0.1) is 0 Å². The van der Waals surface area contributed by atoms with Crippen LogP contribution in [0.4, 0.5) is 0 Å². The van der Waals surface area contributed by atoms with Crippen molar-refractivity contribution >= 4 is 0 Å². The van der Waals surface area contributed by atoms with Gasteiger partial charge < -0.3 is 14.6 Å². The van der Waals surface area contributed by atoms with Gasteiger partial charge in [0.15, 0.2) is 11.5 Å². The Balaban J connectivity index is 1.76. The molecule has 0 amide bonds. The van der Waals surface area contributed by atoms with Crippen molar-refractivity contribution in [1.82, 2.24) is 0 Å². The molecule has 3 heteroatoms. The molecule has 0 saturated carbocycles. The SMILES string of the molecule is Oc1ccccc1OCCOc1ccccc1. The summed E-state index contributed by atoms with van der Waals surface area (Å²) in [4.78, 5) is 0. The van der Waals surface area contributed by atoms with Crippen molar-refractivity contribution in [3.05, 3.63) is 54.6 Å². The number of para-hydroxylation sites is 3. The van der Waals surface area contributed by atoms with Gasteiger partial charge in [0.1, 0.15) is 19.0 Å². The van der Waals surface area contributed by atoms with Crippen molar-refractivity contribution < 1.29 is 14.6 Å². The van der Waals surface area contributed by atoms with Crippen LogP contribution < -0.4 is 9.47 Å². The molecule has 2 rings (SSSR count). The first-order chi connectivity index (χ1) is 8.36. The molecule has 0 aromatic heterocycles. The summed E-state index contributed by atoms with van der Waals surface area (Å²) >= 11 is 0. The molecular weight excluding hydrogens is 216 g/mol. The van der Waals surface area contributed by atoms with Crippen molar-refractivity contribution in [2.75, 3.05) is 13.2 Å². The van der Waals surface area contributed by atoms with E-state index in [0.717, 1.165) is 5.75 Å². The third-order valence-corrected chi connectivity index (χ3v) is 2.22. The zero-order valence-corrected chi connectivity index (χ0v) is 9.37. The van der Waals surface area contributed by atoms with Gasteiger partial charge >= 0.3 is 0 Å². The molecule has 1 N–H and O–H groups in total. The van der Waals surface area contributed by atoms with Gasteiger partial charge in [0, 0.05) is 0 Å². The van der Waals surface area contributed by atoms with Gasteiger partial charge in [-0.15, -0.1) is 0 Å². The lowest BCUT2D eigenvalue weighted by Gasteiger charge is -2.09. The maximum absolute atomic E-state index is 9.46. The van der Waals surface area contributed by atoms with E-state index in [4.69, 9.17) is 9.47 Å². The van der Waals surface area contributed by atoms with Gasteiger partial charge in [-0.1, -0.05) is 30.3 Å². The largest absolute Gasteiger partial charge is 0.504 e. The highest BCUT2D eigenvalue weighted by Gasteiger charge is 1.99. The molecule has 0 aliphatic heterocycles. The van der Waals surface area contributed by atoms with E-state index < -0.39 is 0 Å². The van der Waals surface area contributed by atoms with Crippen LogP contribution >= 0.6 is 0 Å². The van der Waals surface area contributed by atoms with Gasteiger partial charge in [-0.3, -0.25) is 0 Å². The second-order valence-corrected chi connectivity index (χ2v) is 3.48. The van der Waals surface area contributed by atoms with E-state index in [1.54, 1.807) is 18.2 Å². The van der Waals surface area contributed by atoms with E-state index >= 15 is 0 Å². The van der Waals surface area contributed by atoms with Crippen LogP contribution in [0.1, 0.15) is 0 Å². The molecule has 0 saturated heterocycles. The minimum Gasteiger partial charge on any atom is -0.504 e. The van der Waals surface area contributed by atoms with Crippen LogP contribution in [0.5, 0.6) is 17.2 Å². The molecule has 2 aromatic carbocycles. The summed E-state index contributed by atoms with van der Waals surface area (Å²) in [6.07, 6.45) is 0. The summed E-state index contributed by atoms with van der Waals surface area (Å²) in [6, 6.07) is 16.4. The van der Waals surface area contributed by atoms with Crippen LogP contribution in [0, 0.1) is 0 Å². The molecule has 0 unspecified atom stereocenters. The molecule has 0 aliphatic carbocycles. The van der Waals surface area contributed by atoms with Crippen LogP contribution in [0.2, 0.25) is 0 Å². The summed E-state index contributed by atoms with van der Waals surface area (Å²) in [7, 11) is 0. The number of rotatable bonds is 5. The third-order valence-electron chi connectivity index (χ3n) is 2.22. The van der Waals surface area contributed by atoms with Gasteiger partial charge in [0.25, 0.3) is 0 Å². The fourth-order valence-electron chi connectivity index (χ4n) is 1.41. The van der Waals surface area contributed by atoms with Gasteiger partial charge in [-0.05, 0) is 24.3 Å². The zero-order valence-electron chi connectivity index (χ0n) is 9.37.